The summed E-state index contributed by atoms with van der Waals surface area (Å²) in [6.07, 6.45) is 8.91. The summed E-state index contributed by atoms with van der Waals surface area (Å²) in [5.74, 6) is -0.363. The fourth-order valence-electron chi connectivity index (χ4n) is 3.70. The van der Waals surface area contributed by atoms with Crippen LogP contribution in [0.2, 0.25) is 0 Å². The molecule has 0 saturated heterocycles. The maximum Gasteiger partial charge on any atom is 0.572 e. The van der Waals surface area contributed by atoms with Crippen LogP contribution in [0.3, 0.4) is 0 Å². The van der Waals surface area contributed by atoms with Gasteiger partial charge in [-0.05, 0) is 36.0 Å². The normalized spacial score (nSPS) is 25.3. The molecule has 0 aromatic carbocycles. The van der Waals surface area contributed by atoms with E-state index in [9.17, 15) is 26.4 Å². The molecule has 24 heavy (non-hydrogen) atoms. The highest BCUT2D eigenvalue weighted by atomic mass is 32.3. The minimum absolute atomic E-state index is 0.100. The Labute approximate surface area is 143 Å². The molecule has 1 atom stereocenters. The van der Waals surface area contributed by atoms with Gasteiger partial charge in [-0.2, -0.15) is 13.2 Å². The third-order valence-electron chi connectivity index (χ3n) is 5.08. The topological polar surface area (TPSA) is 64.0 Å². The van der Waals surface area contributed by atoms with Gasteiger partial charge in [0.25, 0.3) is 0 Å². The van der Waals surface area contributed by atoms with Crippen molar-refractivity contribution in [2.45, 2.75) is 68.5 Å². The van der Waals surface area contributed by atoms with Crippen molar-refractivity contribution in [2.75, 3.05) is 12.0 Å². The molecule has 2 rings (SSSR count). The SMILES string of the molecule is CS(CC(=O)C1CCCC1)([OH+]S(=O)(=O)C(F)(F)F)C1CCCCC1. The van der Waals surface area contributed by atoms with Crippen LogP contribution in [0, 0.1) is 5.92 Å². The molecule has 0 bridgehead atoms. The van der Waals surface area contributed by atoms with Crippen LogP contribution in [0.15, 0.2) is 0 Å². The van der Waals surface area contributed by atoms with Gasteiger partial charge in [-0.25, -0.2) is 0 Å². The van der Waals surface area contributed by atoms with Crippen molar-refractivity contribution in [1.82, 2.24) is 0 Å². The summed E-state index contributed by atoms with van der Waals surface area (Å²) >= 11 is 0. The minimum Gasteiger partial charge on any atom is -0.298 e. The van der Waals surface area contributed by atoms with E-state index in [4.69, 9.17) is 0 Å². The first kappa shape index (κ1) is 20.0. The first-order chi connectivity index (χ1) is 11.1. The maximum atomic E-state index is 12.8. The van der Waals surface area contributed by atoms with Gasteiger partial charge in [0, 0.05) is 12.2 Å². The number of carbonyl (C=O) groups excluding carboxylic acids is 1. The monoisotopic (exact) mass is 391 g/mol. The molecule has 9 heteroatoms. The van der Waals surface area contributed by atoms with E-state index in [2.05, 4.69) is 3.63 Å². The molecule has 2 aliphatic carbocycles. The number of halogens is 3. The Kier molecular flexibility index (Phi) is 6.29. The van der Waals surface area contributed by atoms with Gasteiger partial charge in [0.1, 0.15) is 0 Å². The fraction of sp³-hybridized carbons (Fsp3) is 0.933. The lowest BCUT2D eigenvalue weighted by Crippen LogP contribution is -2.38. The Morgan fingerprint density at radius 3 is 2.00 bits per heavy atom. The van der Waals surface area contributed by atoms with E-state index in [1.807, 2.05) is 0 Å². The van der Waals surface area contributed by atoms with Crippen LogP contribution < -0.4 is 0 Å². The fourth-order valence-corrected chi connectivity index (χ4v) is 8.92. The van der Waals surface area contributed by atoms with Gasteiger partial charge in [-0.1, -0.05) is 32.1 Å². The second-order valence-electron chi connectivity index (χ2n) is 6.96. The largest absolute Gasteiger partial charge is 0.572 e. The van der Waals surface area contributed by atoms with Gasteiger partial charge >= 0.3 is 15.6 Å². The van der Waals surface area contributed by atoms with Crippen molar-refractivity contribution >= 4 is 26.2 Å². The summed E-state index contributed by atoms with van der Waals surface area (Å²) in [4.78, 5) is 12.5. The molecule has 0 heterocycles. The van der Waals surface area contributed by atoms with Crippen molar-refractivity contribution in [3.63, 3.8) is 0 Å². The van der Waals surface area contributed by atoms with Crippen molar-refractivity contribution < 1.29 is 30.0 Å². The second-order valence-corrected chi connectivity index (χ2v) is 12.1. The molecule has 0 aromatic heterocycles. The van der Waals surface area contributed by atoms with E-state index in [0.717, 1.165) is 44.9 Å². The Bertz CT molecular complexity index is 550. The van der Waals surface area contributed by atoms with Crippen LogP contribution in [0.25, 0.3) is 0 Å². The summed E-state index contributed by atoms with van der Waals surface area (Å²) in [6.45, 7) is 0. The summed E-state index contributed by atoms with van der Waals surface area (Å²) in [5, 5.41) is -0.214. The highest BCUT2D eigenvalue weighted by Crippen LogP contribution is 2.56. The van der Waals surface area contributed by atoms with Gasteiger partial charge in [0.15, 0.2) is 5.78 Å². The molecule has 2 aliphatic rings. The molecular weight excluding hydrogens is 365 g/mol. The van der Waals surface area contributed by atoms with Gasteiger partial charge in [-0.15, -0.1) is 8.42 Å². The standard InChI is InChI=1S/C15H25F3O4S2/c1-23(13-9-3-2-4-10-13,22-24(20,21)15(16,17)18)11-14(19)12-7-5-6-8-12/h12-13H,2-11H2,1H3/p+1. The molecular formula is C15H26F3O4S2+. The number of ketones is 1. The second kappa shape index (κ2) is 7.53. The molecule has 0 amide bonds. The van der Waals surface area contributed by atoms with Crippen LogP contribution in [-0.4, -0.2) is 40.6 Å². The lowest BCUT2D eigenvalue weighted by atomic mass is 10.0. The van der Waals surface area contributed by atoms with Gasteiger partial charge in [0.2, 0.25) is 0 Å². The number of alkyl halides is 3. The van der Waals surface area contributed by atoms with Crippen molar-refractivity contribution in [3.05, 3.63) is 0 Å². The molecule has 142 valence electrons. The zero-order valence-corrected chi connectivity index (χ0v) is 15.5. The maximum absolute atomic E-state index is 12.8. The van der Waals surface area contributed by atoms with Gasteiger partial charge in [0.05, 0.1) is 11.0 Å². The molecule has 2 fully saturated rings. The van der Waals surface area contributed by atoms with Gasteiger partial charge in [-0.3, -0.25) is 8.42 Å². The van der Waals surface area contributed by atoms with E-state index in [-0.39, 0.29) is 22.7 Å². The Hall–Kier alpha value is -0.280. The van der Waals surface area contributed by atoms with E-state index in [1.54, 1.807) is 0 Å². The quantitative estimate of drug-likeness (QED) is 0.384. The lowest BCUT2D eigenvalue weighted by molar-refractivity contribution is -0.120. The molecule has 2 saturated carbocycles. The highest BCUT2D eigenvalue weighted by molar-refractivity contribution is 8.32. The van der Waals surface area contributed by atoms with E-state index in [0.29, 0.717) is 12.8 Å². The Balaban J connectivity index is 2.21. The number of rotatable bonds is 6. The number of carbonyl (C=O) groups is 1. The summed E-state index contributed by atoms with van der Waals surface area (Å²) in [6, 6.07) is 0. The van der Waals surface area contributed by atoms with Gasteiger partial charge < -0.3 is 0 Å². The van der Waals surface area contributed by atoms with E-state index in [1.165, 1.54) is 6.26 Å². The summed E-state index contributed by atoms with van der Waals surface area (Å²) < 4.78 is 65.1. The molecule has 4 nitrogen and oxygen atoms in total. The molecule has 0 aliphatic heterocycles. The Morgan fingerprint density at radius 1 is 1.00 bits per heavy atom. The number of Topliss-reactive ketones (excluding diaryl/α,β-unsaturated/α-hetero) is 1. The number of hydrogen-bond donors (Lipinski definition) is 0. The average molecular weight is 391 g/mol. The average Bonchev–Trinajstić information content (AvgIpc) is 3.00. The van der Waals surface area contributed by atoms with Crippen LogP contribution in [0.4, 0.5) is 13.2 Å². The third-order valence-corrected chi connectivity index (χ3v) is 10.6. The summed E-state index contributed by atoms with van der Waals surface area (Å²) in [7, 11) is -8.11. The predicted molar refractivity (Wildman–Crippen MR) is 89.8 cm³/mol. The predicted octanol–water partition coefficient (Wildman–Crippen LogP) is 4.37. The molecule has 1 N–H and O–H groups in total. The van der Waals surface area contributed by atoms with E-state index < -0.39 is 25.9 Å². The minimum atomic E-state index is -5.56. The third kappa shape index (κ3) is 4.66. The molecule has 0 spiro atoms. The van der Waals surface area contributed by atoms with Crippen LogP contribution in [0.1, 0.15) is 57.8 Å². The Morgan fingerprint density at radius 2 is 1.50 bits per heavy atom. The molecule has 0 radical (unpaired) electrons. The smallest absolute Gasteiger partial charge is 0.298 e. The zero-order valence-electron chi connectivity index (χ0n) is 13.8. The van der Waals surface area contributed by atoms with Crippen molar-refractivity contribution in [2.24, 2.45) is 5.92 Å². The zero-order chi connectivity index (χ0) is 18.0. The van der Waals surface area contributed by atoms with E-state index >= 15 is 0 Å². The summed E-state index contributed by atoms with van der Waals surface area (Å²) in [5.41, 5.74) is -5.40. The van der Waals surface area contributed by atoms with Crippen molar-refractivity contribution in [3.8, 4) is 0 Å². The lowest BCUT2D eigenvalue weighted by Gasteiger charge is -2.39. The molecule has 1 unspecified atom stereocenters. The van der Waals surface area contributed by atoms with Crippen LogP contribution in [-0.2, 0) is 14.9 Å². The molecule has 0 aromatic rings. The first-order valence-electron chi connectivity index (χ1n) is 8.38. The first-order valence-corrected chi connectivity index (χ1v) is 12.1. The van der Waals surface area contributed by atoms with Crippen LogP contribution in [0.5, 0.6) is 0 Å². The number of hydrogen-bond acceptors (Lipinski definition) is 3. The highest BCUT2D eigenvalue weighted by Gasteiger charge is 2.57. The van der Waals surface area contributed by atoms with Crippen molar-refractivity contribution in [1.29, 1.82) is 0 Å². The van der Waals surface area contributed by atoms with Crippen LogP contribution >= 0.6 is 10.3 Å².